The first-order valence-corrected chi connectivity index (χ1v) is 5.78. The SMILES string of the molecule is CC(=O)OC1CCCc2ccc(Br)nc21. The normalized spacial score (nSPS) is 19.5. The van der Waals surface area contributed by atoms with E-state index in [0.29, 0.717) is 0 Å². The van der Waals surface area contributed by atoms with Crippen molar-refractivity contribution >= 4 is 21.9 Å². The number of hydrogen-bond donors (Lipinski definition) is 0. The van der Waals surface area contributed by atoms with Crippen LogP contribution < -0.4 is 0 Å². The third-order valence-electron chi connectivity index (χ3n) is 2.50. The van der Waals surface area contributed by atoms with Gasteiger partial charge < -0.3 is 4.74 Å². The Hall–Kier alpha value is -0.900. The summed E-state index contributed by atoms with van der Waals surface area (Å²) in [6, 6.07) is 3.97. The summed E-state index contributed by atoms with van der Waals surface area (Å²) >= 11 is 3.33. The lowest BCUT2D eigenvalue weighted by Gasteiger charge is -2.23. The van der Waals surface area contributed by atoms with Gasteiger partial charge in [0.1, 0.15) is 10.7 Å². The highest BCUT2D eigenvalue weighted by molar-refractivity contribution is 9.10. The van der Waals surface area contributed by atoms with E-state index in [4.69, 9.17) is 4.74 Å². The van der Waals surface area contributed by atoms with E-state index >= 15 is 0 Å². The monoisotopic (exact) mass is 269 g/mol. The molecule has 3 nitrogen and oxygen atoms in total. The third-order valence-corrected chi connectivity index (χ3v) is 2.95. The fourth-order valence-corrected chi connectivity index (χ4v) is 2.22. The fraction of sp³-hybridized carbons (Fsp3) is 0.455. The maximum Gasteiger partial charge on any atom is 0.303 e. The molecule has 1 heterocycles. The van der Waals surface area contributed by atoms with Gasteiger partial charge >= 0.3 is 5.97 Å². The van der Waals surface area contributed by atoms with Crippen molar-refractivity contribution in [2.75, 3.05) is 0 Å². The molecule has 0 N–H and O–H groups in total. The summed E-state index contributed by atoms with van der Waals surface area (Å²) in [4.78, 5) is 15.3. The minimum atomic E-state index is -0.241. The number of carbonyl (C=O) groups excluding carboxylic acids is 1. The van der Waals surface area contributed by atoms with E-state index in [0.717, 1.165) is 29.6 Å². The van der Waals surface area contributed by atoms with Crippen LogP contribution in [0, 0.1) is 0 Å². The van der Waals surface area contributed by atoms with Gasteiger partial charge in [-0.3, -0.25) is 4.79 Å². The van der Waals surface area contributed by atoms with Gasteiger partial charge in [0, 0.05) is 6.92 Å². The Kier molecular flexibility index (Phi) is 3.05. The Morgan fingerprint density at radius 2 is 2.40 bits per heavy atom. The van der Waals surface area contributed by atoms with Gasteiger partial charge in [-0.2, -0.15) is 0 Å². The number of halogens is 1. The van der Waals surface area contributed by atoms with E-state index in [1.165, 1.54) is 12.5 Å². The van der Waals surface area contributed by atoms with Crippen LogP contribution in [0.5, 0.6) is 0 Å². The average Bonchev–Trinajstić information content (AvgIpc) is 2.18. The maximum atomic E-state index is 10.9. The molecule has 1 atom stereocenters. The predicted molar refractivity (Wildman–Crippen MR) is 59.4 cm³/mol. The largest absolute Gasteiger partial charge is 0.456 e. The van der Waals surface area contributed by atoms with Crippen LogP contribution in [-0.4, -0.2) is 11.0 Å². The third kappa shape index (κ3) is 2.37. The summed E-state index contributed by atoms with van der Waals surface area (Å²) < 4.78 is 6.04. The first-order chi connectivity index (χ1) is 7.16. The van der Waals surface area contributed by atoms with Crippen LogP contribution in [0.1, 0.15) is 37.1 Å². The van der Waals surface area contributed by atoms with Crippen molar-refractivity contribution in [1.29, 1.82) is 0 Å². The number of esters is 1. The Labute approximate surface area is 97.0 Å². The molecule has 0 spiro atoms. The zero-order valence-corrected chi connectivity index (χ0v) is 10.1. The molecule has 0 saturated carbocycles. The number of aryl methyl sites for hydroxylation is 1. The number of aromatic nitrogens is 1. The molecule has 4 heteroatoms. The molecule has 2 rings (SSSR count). The second-order valence-electron chi connectivity index (χ2n) is 3.67. The van der Waals surface area contributed by atoms with Crippen LogP contribution in [0.3, 0.4) is 0 Å². The fourth-order valence-electron chi connectivity index (χ4n) is 1.90. The first-order valence-electron chi connectivity index (χ1n) is 4.99. The predicted octanol–water partition coefficient (Wildman–Crippen LogP) is 2.78. The molecule has 1 aromatic rings. The molecule has 1 aliphatic carbocycles. The minimum absolute atomic E-state index is 0.163. The standard InChI is InChI=1S/C11H12BrNO2/c1-7(14)15-9-4-2-3-8-5-6-10(12)13-11(8)9/h5-6,9H,2-4H2,1H3. The molecule has 1 unspecified atom stereocenters. The Morgan fingerprint density at radius 1 is 1.60 bits per heavy atom. The van der Waals surface area contributed by atoms with Crippen LogP contribution in [-0.2, 0) is 16.0 Å². The molecule has 0 aliphatic heterocycles. The molecule has 0 saturated heterocycles. The van der Waals surface area contributed by atoms with Crippen molar-refractivity contribution in [1.82, 2.24) is 4.98 Å². The summed E-state index contributed by atoms with van der Waals surface area (Å²) in [5, 5.41) is 0. The van der Waals surface area contributed by atoms with Crippen molar-refractivity contribution in [2.45, 2.75) is 32.3 Å². The van der Waals surface area contributed by atoms with Gasteiger partial charge in [-0.25, -0.2) is 4.98 Å². The van der Waals surface area contributed by atoms with E-state index in [1.807, 2.05) is 12.1 Å². The topological polar surface area (TPSA) is 39.2 Å². The molecule has 1 aliphatic rings. The summed E-state index contributed by atoms with van der Waals surface area (Å²) in [6.45, 7) is 1.44. The number of pyridine rings is 1. The van der Waals surface area contributed by atoms with Gasteiger partial charge in [-0.05, 0) is 46.8 Å². The number of nitrogens with zero attached hydrogens (tertiary/aromatic N) is 1. The Bertz CT molecular complexity index is 392. The van der Waals surface area contributed by atoms with Gasteiger partial charge in [0.15, 0.2) is 0 Å². The zero-order chi connectivity index (χ0) is 10.8. The highest BCUT2D eigenvalue weighted by Gasteiger charge is 2.24. The average molecular weight is 270 g/mol. The molecule has 0 aromatic carbocycles. The Morgan fingerprint density at radius 3 is 3.13 bits per heavy atom. The summed E-state index contributed by atoms with van der Waals surface area (Å²) in [7, 11) is 0. The van der Waals surface area contributed by atoms with Gasteiger partial charge in [-0.15, -0.1) is 0 Å². The van der Waals surface area contributed by atoms with E-state index in [1.54, 1.807) is 0 Å². The summed E-state index contributed by atoms with van der Waals surface area (Å²) in [6.07, 6.45) is 2.78. The lowest BCUT2D eigenvalue weighted by atomic mass is 9.94. The quantitative estimate of drug-likeness (QED) is 0.582. The van der Waals surface area contributed by atoms with Crippen molar-refractivity contribution in [2.24, 2.45) is 0 Å². The van der Waals surface area contributed by atoms with E-state index in [-0.39, 0.29) is 12.1 Å². The van der Waals surface area contributed by atoms with Crippen LogP contribution >= 0.6 is 15.9 Å². The number of carbonyl (C=O) groups is 1. The molecular weight excluding hydrogens is 258 g/mol. The van der Waals surface area contributed by atoms with Crippen molar-refractivity contribution in [3.8, 4) is 0 Å². The van der Waals surface area contributed by atoms with Crippen LogP contribution in [0.25, 0.3) is 0 Å². The van der Waals surface area contributed by atoms with E-state index in [2.05, 4.69) is 20.9 Å². The second-order valence-corrected chi connectivity index (χ2v) is 4.48. The first kappa shape index (κ1) is 10.6. The molecule has 80 valence electrons. The number of fused-ring (bicyclic) bond motifs is 1. The second kappa shape index (κ2) is 4.31. The highest BCUT2D eigenvalue weighted by Crippen LogP contribution is 2.31. The van der Waals surface area contributed by atoms with Crippen LogP contribution in [0.2, 0.25) is 0 Å². The number of hydrogen-bond acceptors (Lipinski definition) is 3. The molecule has 0 amide bonds. The van der Waals surface area contributed by atoms with Gasteiger partial charge in [0.2, 0.25) is 0 Å². The smallest absolute Gasteiger partial charge is 0.303 e. The van der Waals surface area contributed by atoms with Crippen molar-refractivity contribution in [3.05, 3.63) is 28.0 Å². The maximum absolute atomic E-state index is 10.9. The molecule has 0 radical (unpaired) electrons. The lowest BCUT2D eigenvalue weighted by molar-refractivity contribution is -0.147. The van der Waals surface area contributed by atoms with Crippen molar-refractivity contribution < 1.29 is 9.53 Å². The number of rotatable bonds is 1. The minimum Gasteiger partial charge on any atom is -0.456 e. The highest BCUT2D eigenvalue weighted by atomic mass is 79.9. The molecule has 0 bridgehead atoms. The zero-order valence-electron chi connectivity index (χ0n) is 8.50. The van der Waals surface area contributed by atoms with Gasteiger partial charge in [-0.1, -0.05) is 6.07 Å². The Balaban J connectivity index is 2.32. The van der Waals surface area contributed by atoms with Crippen LogP contribution in [0.4, 0.5) is 0 Å². The molecule has 1 aromatic heterocycles. The molecule has 15 heavy (non-hydrogen) atoms. The summed E-state index contributed by atoms with van der Waals surface area (Å²) in [5.74, 6) is -0.241. The summed E-state index contributed by atoms with van der Waals surface area (Å²) in [5.41, 5.74) is 2.10. The van der Waals surface area contributed by atoms with E-state index in [9.17, 15) is 4.79 Å². The molecular formula is C11H12BrNO2. The van der Waals surface area contributed by atoms with Crippen molar-refractivity contribution in [3.63, 3.8) is 0 Å². The number of ether oxygens (including phenoxy) is 1. The van der Waals surface area contributed by atoms with Crippen LogP contribution in [0.15, 0.2) is 16.7 Å². The van der Waals surface area contributed by atoms with Gasteiger partial charge in [0.05, 0.1) is 5.69 Å². The van der Waals surface area contributed by atoms with Gasteiger partial charge in [0.25, 0.3) is 0 Å². The lowest BCUT2D eigenvalue weighted by Crippen LogP contribution is -2.16. The molecule has 0 fully saturated rings. The van der Waals surface area contributed by atoms with E-state index < -0.39 is 0 Å².